The summed E-state index contributed by atoms with van der Waals surface area (Å²) in [7, 11) is -3.67. The minimum absolute atomic E-state index is 0.0651. The van der Waals surface area contributed by atoms with Gasteiger partial charge in [0.25, 0.3) is 0 Å². The zero-order valence-electron chi connectivity index (χ0n) is 11.5. The molecule has 2 fully saturated rings. The van der Waals surface area contributed by atoms with Gasteiger partial charge in [0, 0.05) is 31.9 Å². The summed E-state index contributed by atoms with van der Waals surface area (Å²) in [6.45, 7) is 5.30. The van der Waals surface area contributed by atoms with Crippen LogP contribution in [-0.4, -0.2) is 39.1 Å². The molecule has 2 aliphatic heterocycles. The summed E-state index contributed by atoms with van der Waals surface area (Å²) >= 11 is 0. The number of anilines is 1. The molecule has 110 valence electrons. The van der Waals surface area contributed by atoms with E-state index in [1.807, 2.05) is 0 Å². The Bertz CT molecular complexity index is 587. The second-order valence-electron chi connectivity index (χ2n) is 5.61. The van der Waals surface area contributed by atoms with Crippen molar-refractivity contribution in [3.05, 3.63) is 18.3 Å². The molecular weight excluding hydrogens is 276 g/mol. The van der Waals surface area contributed by atoms with Crippen molar-refractivity contribution in [2.24, 2.45) is 17.0 Å². The van der Waals surface area contributed by atoms with Crippen LogP contribution in [0.3, 0.4) is 0 Å². The van der Waals surface area contributed by atoms with E-state index < -0.39 is 10.0 Å². The van der Waals surface area contributed by atoms with E-state index in [0.717, 1.165) is 31.9 Å². The molecule has 20 heavy (non-hydrogen) atoms. The fraction of sp³-hybridized carbons (Fsp3) is 0.615. The maximum absolute atomic E-state index is 11.3. The lowest BCUT2D eigenvalue weighted by Gasteiger charge is -2.27. The molecule has 2 saturated heterocycles. The average Bonchev–Trinajstić information content (AvgIpc) is 2.97. The maximum Gasteiger partial charge on any atom is 0.239 e. The topological polar surface area (TPSA) is 88.3 Å². The van der Waals surface area contributed by atoms with Crippen LogP contribution in [0.15, 0.2) is 23.2 Å². The Morgan fingerprint density at radius 3 is 2.85 bits per heavy atom. The molecule has 3 rings (SSSR count). The Hall–Kier alpha value is -1.18. The van der Waals surface area contributed by atoms with Gasteiger partial charge in [-0.3, -0.25) is 0 Å². The lowest BCUT2D eigenvalue weighted by molar-refractivity contribution is 0.441. The lowest BCUT2D eigenvalue weighted by Crippen LogP contribution is -2.35. The average molecular weight is 296 g/mol. The highest BCUT2D eigenvalue weighted by molar-refractivity contribution is 7.89. The Morgan fingerprint density at radius 1 is 1.45 bits per heavy atom. The van der Waals surface area contributed by atoms with Gasteiger partial charge in [-0.15, -0.1) is 0 Å². The van der Waals surface area contributed by atoms with E-state index in [4.69, 9.17) is 5.14 Å². The summed E-state index contributed by atoms with van der Waals surface area (Å²) in [4.78, 5) is 6.67. The third-order valence-corrected chi connectivity index (χ3v) is 5.38. The van der Waals surface area contributed by atoms with Gasteiger partial charge in [0.2, 0.25) is 10.0 Å². The normalized spacial score (nSPS) is 29.7. The quantitative estimate of drug-likeness (QED) is 0.830. The van der Waals surface area contributed by atoms with Crippen LogP contribution >= 0.6 is 0 Å². The second kappa shape index (κ2) is 4.98. The molecule has 3 N–H and O–H groups in total. The molecule has 0 amide bonds. The summed E-state index contributed by atoms with van der Waals surface area (Å²) < 4.78 is 22.5. The molecule has 0 aromatic carbocycles. The second-order valence-corrected chi connectivity index (χ2v) is 7.17. The summed E-state index contributed by atoms with van der Waals surface area (Å²) in [5.74, 6) is 2.18. The zero-order chi connectivity index (χ0) is 14.3. The molecule has 0 saturated carbocycles. The van der Waals surface area contributed by atoms with Crippen LogP contribution in [0.2, 0.25) is 0 Å². The Labute approximate surface area is 119 Å². The van der Waals surface area contributed by atoms with E-state index in [-0.39, 0.29) is 4.90 Å². The number of pyridine rings is 1. The van der Waals surface area contributed by atoms with E-state index in [1.165, 1.54) is 12.3 Å². The smallest absolute Gasteiger partial charge is 0.239 e. The van der Waals surface area contributed by atoms with Gasteiger partial charge >= 0.3 is 0 Å². The number of sulfonamides is 1. The van der Waals surface area contributed by atoms with Crippen LogP contribution in [0.25, 0.3) is 0 Å². The van der Waals surface area contributed by atoms with Crippen LogP contribution in [0, 0.1) is 11.8 Å². The molecule has 0 bridgehead atoms. The Morgan fingerprint density at radius 2 is 2.25 bits per heavy atom. The van der Waals surface area contributed by atoms with Gasteiger partial charge in [0.05, 0.1) is 0 Å². The van der Waals surface area contributed by atoms with Crippen molar-refractivity contribution in [3.63, 3.8) is 0 Å². The number of hydrogen-bond acceptors (Lipinski definition) is 5. The first-order chi connectivity index (χ1) is 9.50. The van der Waals surface area contributed by atoms with Crippen LogP contribution in [0.5, 0.6) is 0 Å². The van der Waals surface area contributed by atoms with Crippen molar-refractivity contribution >= 4 is 15.8 Å². The van der Waals surface area contributed by atoms with Gasteiger partial charge in [-0.05, 0) is 30.4 Å². The van der Waals surface area contributed by atoms with Gasteiger partial charge < -0.3 is 10.2 Å². The van der Waals surface area contributed by atoms with Crippen molar-refractivity contribution in [3.8, 4) is 0 Å². The van der Waals surface area contributed by atoms with Crippen molar-refractivity contribution in [2.45, 2.75) is 24.3 Å². The number of rotatable bonds is 3. The van der Waals surface area contributed by atoms with E-state index in [1.54, 1.807) is 6.07 Å². The number of fused-ring (bicyclic) bond motifs is 1. The SMILES string of the molecule is CCC1C2CNCC2CN1c1ccc(S(N)(=O)=O)cn1. The third-order valence-electron chi connectivity index (χ3n) is 4.48. The maximum atomic E-state index is 11.3. The minimum atomic E-state index is -3.67. The first kappa shape index (κ1) is 13.8. The van der Waals surface area contributed by atoms with Gasteiger partial charge in [0.1, 0.15) is 10.7 Å². The van der Waals surface area contributed by atoms with E-state index in [2.05, 4.69) is 22.1 Å². The number of nitrogens with two attached hydrogens (primary N) is 1. The molecule has 3 atom stereocenters. The molecule has 0 aliphatic carbocycles. The standard InChI is InChI=1S/C13H20N4O2S/c1-2-12-11-7-15-5-9(11)8-17(12)13-4-3-10(6-16-13)20(14,18)19/h3-4,6,9,11-12,15H,2,5,7-8H2,1H3,(H2,14,18,19). The zero-order valence-corrected chi connectivity index (χ0v) is 12.3. The monoisotopic (exact) mass is 296 g/mol. The molecule has 7 heteroatoms. The molecule has 1 aromatic rings. The highest BCUT2D eigenvalue weighted by Crippen LogP contribution is 2.36. The fourth-order valence-corrected chi connectivity index (χ4v) is 3.98. The summed E-state index contributed by atoms with van der Waals surface area (Å²) in [6.07, 6.45) is 2.42. The molecule has 0 spiro atoms. The molecule has 2 aliphatic rings. The number of hydrogen-bond donors (Lipinski definition) is 2. The van der Waals surface area contributed by atoms with Crippen LogP contribution in [0.4, 0.5) is 5.82 Å². The van der Waals surface area contributed by atoms with Gasteiger partial charge in [0.15, 0.2) is 0 Å². The molecular formula is C13H20N4O2S. The highest BCUT2D eigenvalue weighted by atomic mass is 32.2. The van der Waals surface area contributed by atoms with Crippen LogP contribution in [0.1, 0.15) is 13.3 Å². The fourth-order valence-electron chi connectivity index (χ4n) is 3.52. The van der Waals surface area contributed by atoms with Crippen molar-refractivity contribution < 1.29 is 8.42 Å². The molecule has 6 nitrogen and oxygen atoms in total. The largest absolute Gasteiger partial charge is 0.353 e. The number of aromatic nitrogens is 1. The predicted octanol–water partition coefficient (Wildman–Crippen LogP) is 0.163. The first-order valence-corrected chi connectivity index (χ1v) is 8.51. The highest BCUT2D eigenvalue weighted by Gasteiger charge is 2.43. The van der Waals surface area contributed by atoms with Crippen LogP contribution in [-0.2, 0) is 10.0 Å². The summed E-state index contributed by atoms with van der Waals surface area (Å²) in [5, 5.41) is 8.55. The van der Waals surface area contributed by atoms with E-state index in [0.29, 0.717) is 17.9 Å². The van der Waals surface area contributed by atoms with Gasteiger partial charge in [-0.2, -0.15) is 0 Å². The molecule has 3 unspecified atom stereocenters. The van der Waals surface area contributed by atoms with Gasteiger partial charge in [-0.25, -0.2) is 18.5 Å². The number of primary sulfonamides is 1. The molecule has 3 heterocycles. The number of nitrogens with one attached hydrogen (secondary N) is 1. The van der Waals surface area contributed by atoms with Crippen molar-refractivity contribution in [1.29, 1.82) is 0 Å². The predicted molar refractivity (Wildman–Crippen MR) is 76.9 cm³/mol. The van der Waals surface area contributed by atoms with Crippen molar-refractivity contribution in [2.75, 3.05) is 24.5 Å². The van der Waals surface area contributed by atoms with E-state index >= 15 is 0 Å². The van der Waals surface area contributed by atoms with Gasteiger partial charge in [-0.1, -0.05) is 6.92 Å². The first-order valence-electron chi connectivity index (χ1n) is 6.97. The Kier molecular flexibility index (Phi) is 3.43. The molecule has 1 aromatic heterocycles. The Balaban J connectivity index is 1.86. The summed E-state index contributed by atoms with van der Waals surface area (Å²) in [5.41, 5.74) is 0. The third kappa shape index (κ3) is 2.30. The lowest BCUT2D eigenvalue weighted by atomic mass is 9.93. The summed E-state index contributed by atoms with van der Waals surface area (Å²) in [6, 6.07) is 3.77. The molecule has 0 radical (unpaired) electrons. The minimum Gasteiger partial charge on any atom is -0.353 e. The van der Waals surface area contributed by atoms with Crippen molar-refractivity contribution in [1.82, 2.24) is 10.3 Å². The van der Waals surface area contributed by atoms with E-state index in [9.17, 15) is 8.42 Å². The number of nitrogens with zero attached hydrogens (tertiary/aromatic N) is 2. The van der Waals surface area contributed by atoms with Crippen LogP contribution < -0.4 is 15.4 Å².